The van der Waals surface area contributed by atoms with Gasteiger partial charge >= 0.3 is 0 Å². The molecule has 3 heterocycles. The Morgan fingerprint density at radius 3 is 3.00 bits per heavy atom. The van der Waals surface area contributed by atoms with Crippen LogP contribution in [0.15, 0.2) is 16.4 Å². The highest BCUT2D eigenvalue weighted by Gasteiger charge is 2.43. The van der Waals surface area contributed by atoms with Crippen LogP contribution in [0.5, 0.6) is 0 Å². The first-order valence-corrected chi connectivity index (χ1v) is 7.23. The van der Waals surface area contributed by atoms with Gasteiger partial charge in [0.15, 0.2) is 5.16 Å². The molecular weight excluding hydrogens is 304 g/mol. The molecule has 3 atom stereocenters. The van der Waals surface area contributed by atoms with Crippen LogP contribution in [0, 0.1) is 6.92 Å². The largest absolute Gasteiger partial charge is 0.411 e. The highest BCUT2D eigenvalue weighted by Crippen LogP contribution is 2.36. The normalized spacial score (nSPS) is 30.3. The summed E-state index contributed by atoms with van der Waals surface area (Å²) in [6.07, 6.45) is -2.99. The predicted octanol–water partition coefficient (Wildman–Crippen LogP) is 2.16. The number of aromatic nitrogens is 2. The maximum Gasteiger partial charge on any atom is 0.280 e. The molecule has 0 unspecified atom stereocenters. The van der Waals surface area contributed by atoms with Gasteiger partial charge in [0.05, 0.1) is 12.7 Å². The van der Waals surface area contributed by atoms with Gasteiger partial charge in [0.2, 0.25) is 6.29 Å². The smallest absolute Gasteiger partial charge is 0.280 e. The van der Waals surface area contributed by atoms with Crippen LogP contribution >= 0.6 is 11.8 Å². The standard InChI is InChI=1S/C12H13F2N3O3S/c1-5-2-6(10(13)14)16-12(15-5)21-9-3-7(17-18)11-19-4-8(9)20-11/h2,8-11,18H,3-4H2,1H3/b17-7-/t8-,9-,11-/m0/s1. The third kappa shape index (κ3) is 2.99. The molecule has 1 aromatic heterocycles. The molecule has 6 nitrogen and oxygen atoms in total. The molecule has 0 saturated carbocycles. The summed E-state index contributed by atoms with van der Waals surface area (Å²) < 4.78 is 36.5. The maximum atomic E-state index is 12.8. The Morgan fingerprint density at radius 2 is 2.29 bits per heavy atom. The van der Waals surface area contributed by atoms with Gasteiger partial charge in [-0.1, -0.05) is 16.9 Å². The minimum atomic E-state index is -2.64. The van der Waals surface area contributed by atoms with Crippen LogP contribution in [0.1, 0.15) is 24.2 Å². The van der Waals surface area contributed by atoms with E-state index in [2.05, 4.69) is 15.1 Å². The number of nitrogens with zero attached hydrogens (tertiary/aromatic N) is 3. The number of rotatable bonds is 3. The molecule has 2 aliphatic heterocycles. The van der Waals surface area contributed by atoms with Crippen LogP contribution < -0.4 is 0 Å². The van der Waals surface area contributed by atoms with Crippen molar-refractivity contribution >= 4 is 17.5 Å². The van der Waals surface area contributed by atoms with Crippen molar-refractivity contribution in [1.29, 1.82) is 0 Å². The van der Waals surface area contributed by atoms with Gasteiger partial charge in [-0.15, -0.1) is 0 Å². The first kappa shape index (κ1) is 14.6. The van der Waals surface area contributed by atoms with Crippen molar-refractivity contribution in [1.82, 2.24) is 9.97 Å². The molecule has 0 amide bonds. The van der Waals surface area contributed by atoms with E-state index in [-0.39, 0.29) is 22.2 Å². The van der Waals surface area contributed by atoms with Gasteiger partial charge in [0, 0.05) is 17.4 Å². The van der Waals surface area contributed by atoms with E-state index in [1.165, 1.54) is 17.8 Å². The van der Waals surface area contributed by atoms with Crippen molar-refractivity contribution in [3.8, 4) is 0 Å². The minimum Gasteiger partial charge on any atom is -0.411 e. The fourth-order valence-electron chi connectivity index (χ4n) is 2.29. The zero-order chi connectivity index (χ0) is 15.0. The summed E-state index contributed by atoms with van der Waals surface area (Å²) in [5.74, 6) is 0. The van der Waals surface area contributed by atoms with E-state index in [1.54, 1.807) is 6.92 Å². The Labute approximate surface area is 123 Å². The van der Waals surface area contributed by atoms with Gasteiger partial charge in [0.1, 0.15) is 11.4 Å². The number of oxime groups is 1. The van der Waals surface area contributed by atoms with E-state index in [1.807, 2.05) is 0 Å². The number of hydrogen-bond acceptors (Lipinski definition) is 7. The van der Waals surface area contributed by atoms with Crippen molar-refractivity contribution in [3.05, 3.63) is 17.5 Å². The van der Waals surface area contributed by atoms with Crippen LogP contribution in [0.2, 0.25) is 0 Å². The Balaban J connectivity index is 1.80. The van der Waals surface area contributed by atoms with E-state index in [4.69, 9.17) is 14.7 Å². The molecule has 2 bridgehead atoms. The summed E-state index contributed by atoms with van der Waals surface area (Å²) in [5.41, 5.74) is 0.581. The molecular formula is C12H13F2N3O3S. The highest BCUT2D eigenvalue weighted by atomic mass is 32.2. The predicted molar refractivity (Wildman–Crippen MR) is 69.8 cm³/mol. The van der Waals surface area contributed by atoms with Crippen molar-refractivity contribution in [2.75, 3.05) is 6.61 Å². The highest BCUT2D eigenvalue weighted by molar-refractivity contribution is 7.99. The topological polar surface area (TPSA) is 76.8 Å². The molecule has 0 radical (unpaired) electrons. The Bertz CT molecular complexity index is 573. The fourth-order valence-corrected chi connectivity index (χ4v) is 3.47. The lowest BCUT2D eigenvalue weighted by Gasteiger charge is -2.26. The first-order chi connectivity index (χ1) is 10.1. The number of ether oxygens (including phenoxy) is 2. The number of aryl methyl sites for hydroxylation is 1. The molecule has 3 rings (SSSR count). The van der Waals surface area contributed by atoms with Gasteiger partial charge in [-0.25, -0.2) is 18.7 Å². The van der Waals surface area contributed by atoms with E-state index in [0.717, 1.165) is 0 Å². The summed E-state index contributed by atoms with van der Waals surface area (Å²) in [6, 6.07) is 1.27. The van der Waals surface area contributed by atoms with Gasteiger partial charge in [-0.3, -0.25) is 0 Å². The second kappa shape index (κ2) is 5.82. The Morgan fingerprint density at radius 1 is 1.48 bits per heavy atom. The number of hydrogen-bond donors (Lipinski definition) is 1. The zero-order valence-electron chi connectivity index (χ0n) is 11.1. The van der Waals surface area contributed by atoms with Crippen molar-refractivity contribution in [2.45, 2.75) is 42.6 Å². The summed E-state index contributed by atoms with van der Waals surface area (Å²) in [6.45, 7) is 2.01. The average Bonchev–Trinajstić information content (AvgIpc) is 2.86. The van der Waals surface area contributed by atoms with Gasteiger partial charge in [-0.2, -0.15) is 0 Å². The molecule has 1 N–H and O–H groups in total. The van der Waals surface area contributed by atoms with Crippen LogP contribution in [0.3, 0.4) is 0 Å². The molecule has 1 aromatic rings. The summed E-state index contributed by atoms with van der Waals surface area (Å²) in [5, 5.41) is 12.2. The van der Waals surface area contributed by atoms with E-state index in [0.29, 0.717) is 24.4 Å². The summed E-state index contributed by atoms with van der Waals surface area (Å²) in [7, 11) is 0. The summed E-state index contributed by atoms with van der Waals surface area (Å²) >= 11 is 1.24. The van der Waals surface area contributed by atoms with Crippen LogP contribution in [-0.2, 0) is 9.47 Å². The van der Waals surface area contributed by atoms with Crippen LogP contribution in [-0.4, -0.2) is 45.1 Å². The van der Waals surface area contributed by atoms with Gasteiger partial charge < -0.3 is 14.7 Å². The lowest BCUT2D eigenvalue weighted by Crippen LogP contribution is -2.37. The average molecular weight is 317 g/mol. The van der Waals surface area contributed by atoms with E-state index < -0.39 is 12.7 Å². The Hall–Kier alpha value is -1.32. The second-order valence-corrected chi connectivity index (χ2v) is 6.02. The first-order valence-electron chi connectivity index (χ1n) is 6.35. The SMILES string of the molecule is Cc1cc(C(F)F)nc(S[C@H]2C/C(=N/O)[C@H]3OC[C@@H]2O3)n1. The second-order valence-electron chi connectivity index (χ2n) is 4.81. The Kier molecular flexibility index (Phi) is 4.05. The third-order valence-corrected chi connectivity index (χ3v) is 4.44. The molecule has 0 spiro atoms. The van der Waals surface area contributed by atoms with Crippen LogP contribution in [0.25, 0.3) is 0 Å². The third-order valence-electron chi connectivity index (χ3n) is 3.27. The quantitative estimate of drug-likeness (QED) is 0.523. The molecule has 21 heavy (non-hydrogen) atoms. The van der Waals surface area contributed by atoms with E-state index >= 15 is 0 Å². The molecule has 114 valence electrons. The van der Waals surface area contributed by atoms with E-state index in [9.17, 15) is 8.78 Å². The van der Waals surface area contributed by atoms with Gasteiger partial charge in [-0.05, 0) is 13.0 Å². The lowest BCUT2D eigenvalue weighted by atomic mass is 10.1. The zero-order valence-corrected chi connectivity index (χ0v) is 11.9. The molecule has 9 heteroatoms. The lowest BCUT2D eigenvalue weighted by molar-refractivity contribution is -0.0169. The summed E-state index contributed by atoms with van der Waals surface area (Å²) in [4.78, 5) is 8.03. The van der Waals surface area contributed by atoms with Crippen molar-refractivity contribution in [3.63, 3.8) is 0 Å². The number of thioether (sulfide) groups is 1. The molecule has 2 fully saturated rings. The number of fused-ring (bicyclic) bond motifs is 2. The van der Waals surface area contributed by atoms with Crippen molar-refractivity contribution in [2.24, 2.45) is 5.16 Å². The monoisotopic (exact) mass is 317 g/mol. The molecule has 2 aliphatic rings. The molecule has 0 aliphatic carbocycles. The minimum absolute atomic E-state index is 0.137. The molecule has 2 saturated heterocycles. The number of alkyl halides is 2. The maximum absolute atomic E-state index is 12.8. The fraction of sp³-hybridized carbons (Fsp3) is 0.583. The van der Waals surface area contributed by atoms with Crippen LogP contribution in [0.4, 0.5) is 8.78 Å². The molecule has 0 aromatic carbocycles. The van der Waals surface area contributed by atoms with Gasteiger partial charge in [0.25, 0.3) is 6.43 Å². The number of halogens is 2. The van der Waals surface area contributed by atoms with Crippen molar-refractivity contribution < 1.29 is 23.5 Å².